The van der Waals surface area contributed by atoms with Crippen LogP contribution in [0.25, 0.3) is 0 Å². The van der Waals surface area contributed by atoms with E-state index in [0.717, 1.165) is 26.1 Å². The van der Waals surface area contributed by atoms with Crippen molar-refractivity contribution < 1.29 is 5.11 Å². The number of hydrogen-bond acceptors (Lipinski definition) is 5. The number of piperidine rings is 1. The smallest absolute Gasteiger partial charge is 0.264 e. The zero-order valence-corrected chi connectivity index (χ0v) is 14.7. The molecule has 1 saturated heterocycles. The Labute approximate surface area is 141 Å². The Bertz CT molecular complexity index is 659. The van der Waals surface area contributed by atoms with Gasteiger partial charge in [0.05, 0.1) is 6.54 Å². The Hall–Kier alpha value is -1.47. The SMILES string of the molecule is CC[C@H](C)n1c(O)c(C=NCCN2CCCCC2)c(=O)[nH]c1=S. The number of aromatic nitrogens is 2. The number of likely N-dealkylation sites (tertiary alicyclic amines) is 1. The number of H-pyrrole nitrogens is 1. The van der Waals surface area contributed by atoms with Crippen LogP contribution < -0.4 is 5.56 Å². The van der Waals surface area contributed by atoms with E-state index in [1.54, 1.807) is 4.57 Å². The molecule has 0 aromatic carbocycles. The third-order valence-electron chi connectivity index (χ3n) is 4.40. The molecule has 2 N–H and O–H groups in total. The van der Waals surface area contributed by atoms with E-state index in [2.05, 4.69) is 14.9 Å². The largest absolute Gasteiger partial charge is 0.494 e. The topological polar surface area (TPSA) is 73.6 Å². The summed E-state index contributed by atoms with van der Waals surface area (Å²) in [6, 6.07) is 0.0137. The van der Waals surface area contributed by atoms with Gasteiger partial charge in [-0.2, -0.15) is 0 Å². The van der Waals surface area contributed by atoms with Gasteiger partial charge < -0.3 is 10.0 Å². The maximum Gasteiger partial charge on any atom is 0.264 e. The molecule has 6 nitrogen and oxygen atoms in total. The maximum absolute atomic E-state index is 12.0. The summed E-state index contributed by atoms with van der Waals surface area (Å²) in [6.07, 6.45) is 6.08. The quantitative estimate of drug-likeness (QED) is 0.617. The van der Waals surface area contributed by atoms with Gasteiger partial charge in [0.15, 0.2) is 4.77 Å². The van der Waals surface area contributed by atoms with Crippen molar-refractivity contribution in [2.45, 2.75) is 45.6 Å². The Kier molecular flexibility index (Phi) is 6.53. The van der Waals surface area contributed by atoms with Crippen molar-refractivity contribution in [1.29, 1.82) is 0 Å². The molecule has 128 valence electrons. The highest BCUT2D eigenvalue weighted by Crippen LogP contribution is 2.20. The summed E-state index contributed by atoms with van der Waals surface area (Å²) >= 11 is 5.15. The van der Waals surface area contributed by atoms with Crippen LogP contribution in [0.3, 0.4) is 0 Å². The van der Waals surface area contributed by atoms with Gasteiger partial charge in [-0.25, -0.2) is 0 Å². The van der Waals surface area contributed by atoms with Crippen LogP contribution in [0.4, 0.5) is 0 Å². The minimum Gasteiger partial charge on any atom is -0.494 e. The lowest BCUT2D eigenvalue weighted by atomic mass is 10.1. The predicted octanol–water partition coefficient (Wildman–Crippen LogP) is 2.49. The third-order valence-corrected chi connectivity index (χ3v) is 4.70. The number of aromatic amines is 1. The zero-order chi connectivity index (χ0) is 16.8. The Balaban J connectivity index is 2.11. The fourth-order valence-electron chi connectivity index (χ4n) is 2.80. The molecule has 1 aliphatic heterocycles. The maximum atomic E-state index is 12.0. The first kappa shape index (κ1) is 17.9. The van der Waals surface area contributed by atoms with Crippen molar-refractivity contribution >= 4 is 18.4 Å². The highest BCUT2D eigenvalue weighted by atomic mass is 32.1. The fourth-order valence-corrected chi connectivity index (χ4v) is 3.16. The van der Waals surface area contributed by atoms with E-state index in [0.29, 0.717) is 6.54 Å². The number of hydrogen-bond donors (Lipinski definition) is 2. The number of nitrogens with zero attached hydrogens (tertiary/aromatic N) is 3. The van der Waals surface area contributed by atoms with Crippen LogP contribution in [0, 0.1) is 4.77 Å². The molecular formula is C16H26N4O2S. The standard InChI is InChI=1S/C16H26N4O2S/c1-3-12(2)20-15(22)13(14(21)18-16(20)23)11-17-7-10-19-8-5-4-6-9-19/h11-12,22H,3-10H2,1-2H3,(H,18,21,23)/t12-/m0/s1. The van der Waals surface area contributed by atoms with Crippen LogP contribution in [0.15, 0.2) is 9.79 Å². The number of aromatic hydroxyl groups is 1. The van der Waals surface area contributed by atoms with Crippen LogP contribution in [-0.4, -0.2) is 52.0 Å². The van der Waals surface area contributed by atoms with Crippen LogP contribution in [-0.2, 0) is 0 Å². The summed E-state index contributed by atoms with van der Waals surface area (Å²) in [6.45, 7) is 7.71. The molecule has 1 aromatic rings. The number of nitrogens with one attached hydrogen (secondary N) is 1. The second-order valence-corrected chi connectivity index (χ2v) is 6.45. The predicted molar refractivity (Wildman–Crippen MR) is 95.3 cm³/mol. The zero-order valence-electron chi connectivity index (χ0n) is 13.9. The molecule has 0 saturated carbocycles. The van der Waals surface area contributed by atoms with Crippen molar-refractivity contribution in [3.05, 3.63) is 20.7 Å². The van der Waals surface area contributed by atoms with Gasteiger partial charge in [0.25, 0.3) is 5.56 Å². The van der Waals surface area contributed by atoms with Gasteiger partial charge in [-0.05, 0) is 51.5 Å². The first-order valence-electron chi connectivity index (χ1n) is 8.34. The average Bonchev–Trinajstić information content (AvgIpc) is 2.54. The van der Waals surface area contributed by atoms with Gasteiger partial charge >= 0.3 is 0 Å². The van der Waals surface area contributed by atoms with Crippen LogP contribution >= 0.6 is 12.2 Å². The van der Waals surface area contributed by atoms with Crippen molar-refractivity contribution in [3.63, 3.8) is 0 Å². The van der Waals surface area contributed by atoms with Crippen molar-refractivity contribution in [3.8, 4) is 5.88 Å². The van der Waals surface area contributed by atoms with Crippen LogP contribution in [0.5, 0.6) is 5.88 Å². The summed E-state index contributed by atoms with van der Waals surface area (Å²) in [5.74, 6) is -0.102. The van der Waals surface area contributed by atoms with E-state index >= 15 is 0 Å². The fraction of sp³-hybridized carbons (Fsp3) is 0.688. The third kappa shape index (κ3) is 4.51. The molecule has 0 radical (unpaired) electrons. The number of aliphatic imine (C=N–C) groups is 1. The summed E-state index contributed by atoms with van der Waals surface area (Å²) in [7, 11) is 0. The number of rotatable bonds is 6. The highest BCUT2D eigenvalue weighted by Gasteiger charge is 2.14. The lowest BCUT2D eigenvalue weighted by Gasteiger charge is -2.25. The average molecular weight is 338 g/mol. The molecule has 1 aliphatic rings. The van der Waals surface area contributed by atoms with Gasteiger partial charge in [0.2, 0.25) is 5.88 Å². The van der Waals surface area contributed by atoms with Crippen molar-refractivity contribution in [1.82, 2.24) is 14.5 Å². The minimum absolute atomic E-state index is 0.0137. The molecule has 0 amide bonds. The summed E-state index contributed by atoms with van der Waals surface area (Å²) in [4.78, 5) is 21.3. The lowest BCUT2D eigenvalue weighted by molar-refractivity contribution is 0.235. The normalized spacial score (nSPS) is 17.7. The lowest BCUT2D eigenvalue weighted by Crippen LogP contribution is -2.31. The molecular weight excluding hydrogens is 312 g/mol. The van der Waals surface area contributed by atoms with Gasteiger partial charge in [0, 0.05) is 18.8 Å². The molecule has 0 bridgehead atoms. The molecule has 2 heterocycles. The van der Waals surface area contributed by atoms with Gasteiger partial charge in [-0.1, -0.05) is 13.3 Å². The Morgan fingerprint density at radius 3 is 2.74 bits per heavy atom. The van der Waals surface area contributed by atoms with Crippen LogP contribution in [0.1, 0.15) is 51.1 Å². The molecule has 7 heteroatoms. The molecule has 0 aliphatic carbocycles. The van der Waals surface area contributed by atoms with Crippen LogP contribution in [0.2, 0.25) is 0 Å². The van der Waals surface area contributed by atoms with E-state index < -0.39 is 5.56 Å². The molecule has 0 unspecified atom stereocenters. The van der Waals surface area contributed by atoms with E-state index in [9.17, 15) is 9.90 Å². The Morgan fingerprint density at radius 2 is 2.09 bits per heavy atom. The van der Waals surface area contributed by atoms with Crippen molar-refractivity contribution in [2.75, 3.05) is 26.2 Å². The second-order valence-electron chi connectivity index (χ2n) is 6.06. The molecule has 2 rings (SSSR count). The molecule has 1 fully saturated rings. The molecule has 23 heavy (non-hydrogen) atoms. The first-order valence-corrected chi connectivity index (χ1v) is 8.75. The summed E-state index contributed by atoms with van der Waals surface area (Å²) in [5, 5.41) is 10.4. The van der Waals surface area contributed by atoms with Gasteiger partial charge in [-0.15, -0.1) is 0 Å². The summed E-state index contributed by atoms with van der Waals surface area (Å²) in [5.41, 5.74) is -0.216. The van der Waals surface area contributed by atoms with Gasteiger partial charge in [-0.3, -0.25) is 19.3 Å². The van der Waals surface area contributed by atoms with E-state index in [1.165, 1.54) is 25.5 Å². The monoisotopic (exact) mass is 338 g/mol. The van der Waals surface area contributed by atoms with E-state index in [4.69, 9.17) is 12.2 Å². The molecule has 0 spiro atoms. The molecule has 1 atom stereocenters. The minimum atomic E-state index is -0.395. The van der Waals surface area contributed by atoms with Crippen molar-refractivity contribution in [2.24, 2.45) is 4.99 Å². The second kappa shape index (κ2) is 8.40. The first-order chi connectivity index (χ1) is 11.0. The Morgan fingerprint density at radius 1 is 1.39 bits per heavy atom. The van der Waals surface area contributed by atoms with Gasteiger partial charge in [0.1, 0.15) is 5.56 Å². The highest BCUT2D eigenvalue weighted by molar-refractivity contribution is 7.71. The molecule has 1 aromatic heterocycles. The summed E-state index contributed by atoms with van der Waals surface area (Å²) < 4.78 is 1.82. The van der Waals surface area contributed by atoms with E-state index in [-0.39, 0.29) is 22.3 Å². The van der Waals surface area contributed by atoms with E-state index in [1.807, 2.05) is 13.8 Å².